The van der Waals surface area contributed by atoms with Gasteiger partial charge in [-0.15, -0.1) is 0 Å². The first-order valence-electron chi connectivity index (χ1n) is 24.4. The van der Waals surface area contributed by atoms with Crippen molar-refractivity contribution in [3.05, 3.63) is 230 Å². The molecular formula is C61H37BN2OSe. The summed E-state index contributed by atoms with van der Waals surface area (Å²) in [7, 11) is 0. The van der Waals surface area contributed by atoms with Gasteiger partial charge in [-0.1, -0.05) is 0 Å². The number of nitrogens with zero attached hydrogens (tertiary/aromatic N) is 2. The number of anilines is 3. The van der Waals surface area contributed by atoms with E-state index in [1.807, 2.05) is 54.6 Å². The van der Waals surface area contributed by atoms with E-state index in [0.29, 0.717) is 11.1 Å². The summed E-state index contributed by atoms with van der Waals surface area (Å²) in [6.45, 7) is -0.254. The molecule has 1 aromatic heterocycles. The Labute approximate surface area is 397 Å². The average Bonchev–Trinajstić information content (AvgIpc) is 3.81. The number of nitriles is 1. The SMILES string of the molecule is [2H]c1c([2H])c([2H])c(-c2cc3c4c(c2)N(c2c(-c5ccccc5)cccc2-c2ccccc2)c2cc(-c5ccccc5)ccc2B4c2ccc4c(oc5ccc(-c6ccccc6C#N)cc54)c2[Se]3)c([2H])c1[2H]. The summed E-state index contributed by atoms with van der Waals surface area (Å²) >= 11 is -0.392. The van der Waals surface area contributed by atoms with E-state index < -0.39 is 21.0 Å². The van der Waals surface area contributed by atoms with Gasteiger partial charge in [0.2, 0.25) is 0 Å². The molecule has 0 saturated carbocycles. The van der Waals surface area contributed by atoms with Gasteiger partial charge in [-0.3, -0.25) is 0 Å². The van der Waals surface area contributed by atoms with Gasteiger partial charge in [0.05, 0.1) is 0 Å². The van der Waals surface area contributed by atoms with Gasteiger partial charge in [-0.25, -0.2) is 0 Å². The molecular weight excluding hydrogens is 866 g/mol. The van der Waals surface area contributed by atoms with E-state index in [4.69, 9.17) is 8.53 Å². The quantitative estimate of drug-likeness (QED) is 0.156. The molecule has 0 aliphatic carbocycles. The first-order valence-corrected chi connectivity index (χ1v) is 23.6. The number of furan rings is 1. The first-order chi connectivity index (χ1) is 34.8. The Morgan fingerprint density at radius 3 is 1.86 bits per heavy atom. The molecule has 2 aliphatic heterocycles. The van der Waals surface area contributed by atoms with Gasteiger partial charge in [0.25, 0.3) is 0 Å². The Hall–Kier alpha value is -8.13. The molecule has 5 heteroatoms. The number of benzene rings is 10. The molecule has 0 amide bonds. The van der Waals surface area contributed by atoms with Crippen molar-refractivity contribution >= 4 is 86.0 Å². The van der Waals surface area contributed by atoms with Gasteiger partial charge >= 0.3 is 399 Å². The molecule has 3 nitrogen and oxygen atoms in total. The molecule has 0 atom stereocenters. The number of hydrogen-bond donors (Lipinski definition) is 0. The van der Waals surface area contributed by atoms with Crippen LogP contribution in [0, 0.1) is 11.3 Å². The van der Waals surface area contributed by atoms with E-state index in [1.165, 1.54) is 0 Å². The van der Waals surface area contributed by atoms with Gasteiger partial charge in [0, 0.05) is 0 Å². The van der Waals surface area contributed by atoms with Crippen molar-refractivity contribution in [2.24, 2.45) is 0 Å². The van der Waals surface area contributed by atoms with Crippen LogP contribution in [-0.2, 0) is 0 Å². The fraction of sp³-hybridized carbons (Fsp3) is 0. The second-order valence-electron chi connectivity index (χ2n) is 16.7. The van der Waals surface area contributed by atoms with E-state index in [9.17, 15) is 8.00 Å². The molecule has 2 aliphatic rings. The predicted octanol–water partition coefficient (Wildman–Crippen LogP) is 12.1. The van der Waals surface area contributed by atoms with Crippen LogP contribution in [0.3, 0.4) is 0 Å². The molecule has 0 N–H and O–H groups in total. The average molecular weight is 909 g/mol. The minimum atomic E-state index is -0.430. The Balaban J connectivity index is 1.14. The van der Waals surface area contributed by atoms with Crippen molar-refractivity contribution in [3.63, 3.8) is 0 Å². The van der Waals surface area contributed by atoms with Crippen molar-refractivity contribution in [2.45, 2.75) is 0 Å². The maximum atomic E-state index is 10.0. The number of rotatable bonds is 6. The van der Waals surface area contributed by atoms with Crippen molar-refractivity contribution in [1.82, 2.24) is 0 Å². The number of fused-ring (bicyclic) bond motifs is 8. The van der Waals surface area contributed by atoms with Crippen molar-refractivity contribution in [3.8, 4) is 61.7 Å². The molecule has 13 rings (SSSR count). The van der Waals surface area contributed by atoms with Crippen LogP contribution in [0.4, 0.5) is 17.1 Å². The molecule has 0 unspecified atom stereocenters. The predicted molar refractivity (Wildman–Crippen MR) is 276 cm³/mol. The van der Waals surface area contributed by atoms with Crippen molar-refractivity contribution in [1.29, 1.82) is 5.26 Å². The third-order valence-electron chi connectivity index (χ3n) is 13.1. The van der Waals surface area contributed by atoms with Crippen LogP contribution in [-0.4, -0.2) is 21.7 Å². The molecule has 0 bridgehead atoms. The minimum absolute atomic E-state index is 0.156. The van der Waals surface area contributed by atoms with E-state index in [-0.39, 0.29) is 36.4 Å². The van der Waals surface area contributed by atoms with Crippen LogP contribution in [0.2, 0.25) is 0 Å². The van der Waals surface area contributed by atoms with Crippen LogP contribution in [0.5, 0.6) is 0 Å². The standard InChI is InChI=1S/C61H37BN2OSe/c63-38-45-24-13-14-25-47(45)44-29-33-56-51(34-44)50-30-32-53-61(60(50)65-56)66-57-37-46(40-18-7-2-8-19-40)36-55-58(57)62(53)52-31-28-43(39-16-5-1-6-17-39)35-54(52)64(55)59-48(41-20-9-3-10-21-41)26-15-27-49(59)42-22-11-4-12-23-42/h1-37H/i2D,7D,8D,18D,19D. The molecule has 0 spiro atoms. The van der Waals surface area contributed by atoms with Gasteiger partial charge < -0.3 is 0 Å². The van der Waals surface area contributed by atoms with Gasteiger partial charge in [-0.2, -0.15) is 0 Å². The molecule has 0 fully saturated rings. The first kappa shape index (κ1) is 33.4. The van der Waals surface area contributed by atoms with Gasteiger partial charge in [0.1, 0.15) is 0 Å². The third kappa shape index (κ3) is 6.11. The Kier molecular flexibility index (Phi) is 7.87. The zero-order valence-corrected chi connectivity index (χ0v) is 37.0. The summed E-state index contributed by atoms with van der Waals surface area (Å²) in [5, 5.41) is 11.9. The monoisotopic (exact) mass is 909 g/mol. The zero-order chi connectivity index (χ0) is 48.1. The maximum absolute atomic E-state index is 10.0. The van der Waals surface area contributed by atoms with E-state index in [0.717, 1.165) is 109 Å². The molecule has 10 aromatic carbocycles. The second-order valence-corrected chi connectivity index (χ2v) is 18.9. The number of hydrogen-bond acceptors (Lipinski definition) is 3. The Morgan fingerprint density at radius 1 is 0.500 bits per heavy atom. The summed E-state index contributed by atoms with van der Waals surface area (Å²) < 4.78 is 53.9. The fourth-order valence-corrected chi connectivity index (χ4v) is 12.8. The molecule has 0 radical (unpaired) electrons. The number of para-hydroxylation sites is 1. The van der Waals surface area contributed by atoms with Crippen LogP contribution in [0.1, 0.15) is 12.4 Å². The summed E-state index contributed by atoms with van der Waals surface area (Å²) in [4.78, 5) is 2.39. The van der Waals surface area contributed by atoms with E-state index in [2.05, 4.69) is 150 Å². The van der Waals surface area contributed by atoms with E-state index >= 15 is 0 Å². The summed E-state index contributed by atoms with van der Waals surface area (Å²) in [5.41, 5.74) is 17.1. The molecule has 0 saturated heterocycles. The van der Waals surface area contributed by atoms with Crippen molar-refractivity contribution in [2.75, 3.05) is 4.90 Å². The van der Waals surface area contributed by atoms with Crippen LogP contribution >= 0.6 is 0 Å². The summed E-state index contributed by atoms with van der Waals surface area (Å²) in [5.74, 6) is 0. The molecule has 3 heterocycles. The van der Waals surface area contributed by atoms with Gasteiger partial charge in [0.15, 0.2) is 0 Å². The summed E-state index contributed by atoms with van der Waals surface area (Å²) in [6, 6.07) is 67.6. The third-order valence-corrected chi connectivity index (χ3v) is 15.5. The second kappa shape index (κ2) is 15.5. The van der Waals surface area contributed by atoms with E-state index in [1.54, 1.807) is 0 Å². The van der Waals surface area contributed by atoms with Crippen LogP contribution < -0.4 is 30.2 Å². The zero-order valence-electron chi connectivity index (χ0n) is 40.3. The summed E-state index contributed by atoms with van der Waals surface area (Å²) in [6.07, 6.45) is 0. The Bertz CT molecular complexity index is 3980. The Morgan fingerprint density at radius 2 is 1.14 bits per heavy atom. The fourth-order valence-electron chi connectivity index (χ4n) is 10.1. The van der Waals surface area contributed by atoms with Gasteiger partial charge in [-0.05, 0) is 0 Å². The normalized spacial score (nSPS) is 13.5. The molecule has 11 aromatic rings. The topological polar surface area (TPSA) is 40.2 Å². The molecule has 66 heavy (non-hydrogen) atoms. The van der Waals surface area contributed by atoms with Crippen LogP contribution in [0.15, 0.2) is 229 Å². The van der Waals surface area contributed by atoms with Crippen molar-refractivity contribution < 1.29 is 11.3 Å². The van der Waals surface area contributed by atoms with Crippen LogP contribution in [0.25, 0.3) is 77.6 Å². The molecule has 306 valence electrons.